The fraction of sp³-hybridized carbons (Fsp3) is 0.100. The maximum Gasteiger partial charge on any atom is 0.163 e. The van der Waals surface area contributed by atoms with Crippen LogP contribution in [0.4, 0.5) is 0 Å². The molecule has 0 bridgehead atoms. The summed E-state index contributed by atoms with van der Waals surface area (Å²) < 4.78 is 4.98. The number of methoxy groups -OCH3 is 1. The number of ketones is 2. The van der Waals surface area contributed by atoms with Gasteiger partial charge in [0.2, 0.25) is 0 Å². The van der Waals surface area contributed by atoms with Gasteiger partial charge in [0.05, 0.1) is 13.5 Å². The lowest BCUT2D eigenvalue weighted by molar-refractivity contribution is -0.121. The molecule has 3 N–H and O–H groups in total. The lowest BCUT2D eigenvalue weighted by Crippen LogP contribution is -2.01. The van der Waals surface area contributed by atoms with Gasteiger partial charge in [-0.15, -0.1) is 0 Å². The van der Waals surface area contributed by atoms with Gasteiger partial charge in [-0.3, -0.25) is 9.59 Å². The summed E-state index contributed by atoms with van der Waals surface area (Å²) in [5.74, 6) is -0.781. The van der Waals surface area contributed by atoms with Gasteiger partial charge in [-0.1, -0.05) is 12.1 Å². The van der Waals surface area contributed by atoms with Crippen molar-refractivity contribution >= 4 is 23.7 Å². The zero-order valence-corrected chi connectivity index (χ0v) is 14.0. The number of hydrogen-bond acceptors (Lipinski definition) is 6. The van der Waals surface area contributed by atoms with Crippen LogP contribution in [-0.4, -0.2) is 34.0 Å². The van der Waals surface area contributed by atoms with Gasteiger partial charge < -0.3 is 20.1 Å². The van der Waals surface area contributed by atoms with E-state index in [1.807, 2.05) is 0 Å². The van der Waals surface area contributed by atoms with Gasteiger partial charge >= 0.3 is 0 Å². The van der Waals surface area contributed by atoms with Crippen molar-refractivity contribution in [2.45, 2.75) is 6.42 Å². The highest BCUT2D eigenvalue weighted by Crippen LogP contribution is 2.26. The number of benzene rings is 2. The Kier molecular flexibility index (Phi) is 6.16. The van der Waals surface area contributed by atoms with Gasteiger partial charge in [0.15, 0.2) is 23.1 Å². The maximum atomic E-state index is 11.9. The number of aromatic hydroxyl groups is 3. The molecule has 0 radical (unpaired) electrons. The van der Waals surface area contributed by atoms with Crippen molar-refractivity contribution < 1.29 is 29.6 Å². The van der Waals surface area contributed by atoms with Gasteiger partial charge in [-0.2, -0.15) is 0 Å². The van der Waals surface area contributed by atoms with Crippen molar-refractivity contribution in [2.75, 3.05) is 7.11 Å². The topological polar surface area (TPSA) is 104 Å². The number of phenolic OH excluding ortho intramolecular Hbond substituents is 3. The summed E-state index contributed by atoms with van der Waals surface area (Å²) in [6, 6.07) is 8.61. The van der Waals surface area contributed by atoms with Crippen molar-refractivity contribution in [3.63, 3.8) is 0 Å². The number of allylic oxidation sites excluding steroid dienone is 2. The van der Waals surface area contributed by atoms with Crippen LogP contribution in [0, 0.1) is 0 Å². The summed E-state index contributed by atoms with van der Waals surface area (Å²) in [6.07, 6.45) is 5.05. The van der Waals surface area contributed by atoms with Crippen LogP contribution in [0.25, 0.3) is 12.2 Å². The Morgan fingerprint density at radius 2 is 1.62 bits per heavy atom. The molecule has 134 valence electrons. The second-order valence-corrected chi connectivity index (χ2v) is 5.45. The summed E-state index contributed by atoms with van der Waals surface area (Å²) in [7, 11) is 1.42. The van der Waals surface area contributed by atoms with Crippen molar-refractivity contribution in [3.05, 3.63) is 59.7 Å². The van der Waals surface area contributed by atoms with Gasteiger partial charge in [0.25, 0.3) is 0 Å². The van der Waals surface area contributed by atoms with Crippen LogP contribution in [0.1, 0.15) is 17.5 Å². The van der Waals surface area contributed by atoms with Crippen molar-refractivity contribution in [1.82, 2.24) is 0 Å². The van der Waals surface area contributed by atoms with E-state index in [0.717, 1.165) is 6.07 Å². The highest BCUT2D eigenvalue weighted by atomic mass is 16.5. The van der Waals surface area contributed by atoms with Crippen molar-refractivity contribution in [2.24, 2.45) is 0 Å². The fourth-order valence-electron chi connectivity index (χ4n) is 2.13. The van der Waals surface area contributed by atoms with Gasteiger partial charge in [0, 0.05) is 11.6 Å². The SMILES string of the molecule is COc1cc(/C=C/C(=O)CC(=O)/C=C/c2ccc(O)cc2O)ccc1O. The van der Waals surface area contributed by atoms with Gasteiger partial charge in [0.1, 0.15) is 11.5 Å². The largest absolute Gasteiger partial charge is 0.508 e. The second-order valence-electron chi connectivity index (χ2n) is 5.45. The van der Waals surface area contributed by atoms with Crippen LogP contribution in [-0.2, 0) is 9.59 Å². The van der Waals surface area contributed by atoms with Crippen molar-refractivity contribution in [3.8, 4) is 23.0 Å². The fourth-order valence-corrected chi connectivity index (χ4v) is 2.13. The van der Waals surface area contributed by atoms with Crippen LogP contribution in [0.3, 0.4) is 0 Å². The standard InChI is InChI=1S/C20H18O6/c1-26-20-10-13(3-9-18(20)24)2-6-15(21)11-16(22)7-4-14-5-8-17(23)12-19(14)25/h2-10,12,23-25H,11H2,1H3/b6-2+,7-4+. The Hall–Kier alpha value is -3.54. The first-order chi connectivity index (χ1) is 12.4. The van der Waals surface area contributed by atoms with E-state index in [1.54, 1.807) is 12.1 Å². The van der Waals surface area contributed by atoms with Gasteiger partial charge in [-0.25, -0.2) is 0 Å². The molecule has 2 aromatic carbocycles. The molecule has 0 aliphatic rings. The molecule has 0 aliphatic heterocycles. The Balaban J connectivity index is 1.96. The Morgan fingerprint density at radius 3 is 2.27 bits per heavy atom. The van der Waals surface area contributed by atoms with E-state index in [0.29, 0.717) is 11.1 Å². The molecule has 6 heteroatoms. The van der Waals surface area contributed by atoms with Crippen LogP contribution < -0.4 is 4.74 Å². The minimum Gasteiger partial charge on any atom is -0.508 e. The third kappa shape index (κ3) is 5.24. The number of ether oxygens (including phenoxy) is 1. The lowest BCUT2D eigenvalue weighted by atomic mass is 10.1. The Labute approximate surface area is 150 Å². The summed E-state index contributed by atoms with van der Waals surface area (Å²) in [5, 5.41) is 28.4. The number of rotatable bonds is 7. The number of carbonyl (C=O) groups excluding carboxylic acids is 2. The van der Waals surface area contributed by atoms with E-state index < -0.39 is 5.78 Å². The highest BCUT2D eigenvalue weighted by Gasteiger charge is 2.06. The quantitative estimate of drug-likeness (QED) is 0.521. The first kappa shape index (κ1) is 18.8. The normalized spacial score (nSPS) is 11.1. The Morgan fingerprint density at radius 1 is 0.923 bits per heavy atom. The minimum absolute atomic E-state index is 0.00576. The predicted molar refractivity (Wildman–Crippen MR) is 97.1 cm³/mol. The summed E-state index contributed by atoms with van der Waals surface area (Å²) in [4.78, 5) is 23.7. The second kappa shape index (κ2) is 8.53. The van der Waals surface area contributed by atoms with Crippen LogP contribution in [0.5, 0.6) is 23.0 Å². The minimum atomic E-state index is -0.421. The molecule has 0 spiro atoms. The molecule has 0 unspecified atom stereocenters. The van der Waals surface area contributed by atoms with Crippen LogP contribution in [0.15, 0.2) is 48.6 Å². The molecule has 0 fully saturated rings. The number of hydrogen-bond donors (Lipinski definition) is 3. The molecular formula is C20H18O6. The zero-order chi connectivity index (χ0) is 19.1. The molecule has 0 amide bonds. The average molecular weight is 354 g/mol. The van der Waals surface area contributed by atoms with Crippen LogP contribution in [0.2, 0.25) is 0 Å². The molecule has 2 rings (SSSR count). The summed E-state index contributed by atoms with van der Waals surface area (Å²) in [5.41, 5.74) is 1.00. The first-order valence-electron chi connectivity index (χ1n) is 7.70. The summed E-state index contributed by atoms with van der Waals surface area (Å²) in [6.45, 7) is 0. The van der Waals surface area contributed by atoms with Gasteiger partial charge in [-0.05, 0) is 48.1 Å². The molecular weight excluding hydrogens is 336 g/mol. The molecule has 0 aromatic heterocycles. The average Bonchev–Trinajstić information content (AvgIpc) is 2.60. The molecule has 0 heterocycles. The maximum absolute atomic E-state index is 11.9. The molecule has 6 nitrogen and oxygen atoms in total. The first-order valence-corrected chi connectivity index (χ1v) is 7.70. The van der Waals surface area contributed by atoms with Crippen molar-refractivity contribution in [1.29, 1.82) is 0 Å². The van der Waals surface area contributed by atoms with E-state index >= 15 is 0 Å². The lowest BCUT2D eigenvalue weighted by Gasteiger charge is -2.03. The third-order valence-electron chi connectivity index (χ3n) is 3.48. The van der Waals surface area contributed by atoms with E-state index in [4.69, 9.17) is 4.74 Å². The smallest absolute Gasteiger partial charge is 0.163 e. The third-order valence-corrected chi connectivity index (χ3v) is 3.48. The van der Waals surface area contributed by atoms with E-state index in [1.165, 1.54) is 49.6 Å². The zero-order valence-electron chi connectivity index (χ0n) is 14.0. The molecule has 26 heavy (non-hydrogen) atoms. The van der Waals surface area contributed by atoms with E-state index in [-0.39, 0.29) is 35.2 Å². The molecule has 2 aromatic rings. The van der Waals surface area contributed by atoms with E-state index in [2.05, 4.69) is 0 Å². The molecule has 0 saturated carbocycles. The van der Waals surface area contributed by atoms with E-state index in [9.17, 15) is 24.9 Å². The Bertz CT molecular complexity index is 880. The molecule has 0 saturated heterocycles. The molecule has 0 aliphatic carbocycles. The predicted octanol–water partition coefficient (Wildman–Crippen LogP) is 3.07. The molecule has 0 atom stereocenters. The highest BCUT2D eigenvalue weighted by molar-refractivity contribution is 6.11. The number of phenols is 3. The number of carbonyl (C=O) groups is 2. The summed E-state index contributed by atoms with van der Waals surface area (Å²) >= 11 is 0. The van der Waals surface area contributed by atoms with Crippen LogP contribution >= 0.6 is 0 Å². The monoisotopic (exact) mass is 354 g/mol.